The van der Waals surface area contributed by atoms with Crippen LogP contribution in [-0.2, 0) is 14.3 Å². The van der Waals surface area contributed by atoms with Crippen LogP contribution in [0.4, 0.5) is 0 Å². The average Bonchev–Trinajstić information content (AvgIpc) is 2.39. The van der Waals surface area contributed by atoms with Crippen molar-refractivity contribution in [2.75, 3.05) is 19.8 Å². The number of benzene rings is 1. The standard InChI is InChI=1S/C13H13Cl2NO4/c14-10-3-1-2-9(13(10)15)4-5-11(17)16-6-7-20-8-12(18)19/h1-5H,6-8H2,(H,16,17)(H,18,19). The molecule has 0 aromatic heterocycles. The van der Waals surface area contributed by atoms with E-state index in [4.69, 9.17) is 33.0 Å². The minimum absolute atomic E-state index is 0.129. The molecule has 5 nitrogen and oxygen atoms in total. The van der Waals surface area contributed by atoms with Gasteiger partial charge in [-0.15, -0.1) is 0 Å². The second kappa shape index (κ2) is 8.58. The highest BCUT2D eigenvalue weighted by atomic mass is 35.5. The number of amides is 1. The fourth-order valence-electron chi connectivity index (χ4n) is 1.28. The topological polar surface area (TPSA) is 75.6 Å². The molecule has 0 atom stereocenters. The Bertz CT molecular complexity index is 517. The summed E-state index contributed by atoms with van der Waals surface area (Å²) in [6.45, 7) is -0.0344. The summed E-state index contributed by atoms with van der Waals surface area (Å²) in [5.74, 6) is -1.38. The number of rotatable bonds is 7. The molecule has 0 aliphatic carbocycles. The smallest absolute Gasteiger partial charge is 0.329 e. The second-order valence-electron chi connectivity index (χ2n) is 3.71. The number of carboxylic acids is 1. The van der Waals surface area contributed by atoms with Gasteiger partial charge in [-0.2, -0.15) is 0 Å². The van der Waals surface area contributed by atoms with Crippen molar-refractivity contribution in [1.29, 1.82) is 0 Å². The molecule has 0 saturated heterocycles. The van der Waals surface area contributed by atoms with E-state index in [0.29, 0.717) is 15.6 Å². The van der Waals surface area contributed by atoms with Gasteiger partial charge in [0, 0.05) is 12.6 Å². The first-order valence-electron chi connectivity index (χ1n) is 5.70. The van der Waals surface area contributed by atoms with Crippen molar-refractivity contribution in [3.05, 3.63) is 39.9 Å². The van der Waals surface area contributed by atoms with Gasteiger partial charge in [0.1, 0.15) is 6.61 Å². The van der Waals surface area contributed by atoms with E-state index in [-0.39, 0.29) is 25.7 Å². The van der Waals surface area contributed by atoms with Gasteiger partial charge in [0.25, 0.3) is 0 Å². The summed E-state index contributed by atoms with van der Waals surface area (Å²) in [5, 5.41) is 11.7. The number of ether oxygens (including phenoxy) is 1. The third-order valence-corrected chi connectivity index (χ3v) is 3.00. The van der Waals surface area contributed by atoms with Crippen LogP contribution in [0.3, 0.4) is 0 Å². The van der Waals surface area contributed by atoms with Gasteiger partial charge in [0.2, 0.25) is 5.91 Å². The summed E-state index contributed by atoms with van der Waals surface area (Å²) in [4.78, 5) is 21.6. The monoisotopic (exact) mass is 317 g/mol. The van der Waals surface area contributed by atoms with Gasteiger partial charge in [-0.3, -0.25) is 4.79 Å². The minimum Gasteiger partial charge on any atom is -0.480 e. The van der Waals surface area contributed by atoms with E-state index < -0.39 is 5.97 Å². The van der Waals surface area contributed by atoms with Gasteiger partial charge in [-0.05, 0) is 17.7 Å². The maximum absolute atomic E-state index is 11.5. The average molecular weight is 318 g/mol. The van der Waals surface area contributed by atoms with Crippen LogP contribution in [0.5, 0.6) is 0 Å². The van der Waals surface area contributed by atoms with Crippen LogP contribution in [0.1, 0.15) is 5.56 Å². The zero-order valence-electron chi connectivity index (χ0n) is 10.4. The highest BCUT2D eigenvalue weighted by Gasteiger charge is 2.02. The van der Waals surface area contributed by atoms with Crippen molar-refractivity contribution in [1.82, 2.24) is 5.32 Å². The molecule has 2 N–H and O–H groups in total. The molecule has 0 saturated carbocycles. The van der Waals surface area contributed by atoms with Gasteiger partial charge < -0.3 is 15.2 Å². The fourth-order valence-corrected chi connectivity index (χ4v) is 1.65. The van der Waals surface area contributed by atoms with E-state index in [1.165, 1.54) is 6.08 Å². The van der Waals surface area contributed by atoms with Gasteiger partial charge >= 0.3 is 5.97 Å². The molecule has 0 fully saturated rings. The zero-order valence-corrected chi connectivity index (χ0v) is 11.9. The van der Waals surface area contributed by atoms with Crippen LogP contribution in [0, 0.1) is 0 Å². The molecule has 7 heteroatoms. The Morgan fingerprint density at radius 3 is 2.80 bits per heavy atom. The molecule has 1 aromatic rings. The largest absolute Gasteiger partial charge is 0.480 e. The Hall–Kier alpha value is -1.56. The molecule has 0 radical (unpaired) electrons. The third-order valence-electron chi connectivity index (χ3n) is 2.17. The predicted octanol–water partition coefficient (Wildman–Crippen LogP) is 2.22. The summed E-state index contributed by atoms with van der Waals surface area (Å²) in [6, 6.07) is 5.11. The molecule has 1 aromatic carbocycles. The molecule has 0 aliphatic heterocycles. The Morgan fingerprint density at radius 1 is 1.35 bits per heavy atom. The van der Waals surface area contributed by atoms with E-state index in [9.17, 15) is 9.59 Å². The number of aliphatic carboxylic acids is 1. The lowest BCUT2D eigenvalue weighted by Crippen LogP contribution is -2.26. The van der Waals surface area contributed by atoms with Gasteiger partial charge in [0.05, 0.1) is 16.7 Å². The van der Waals surface area contributed by atoms with Gasteiger partial charge in [0.15, 0.2) is 0 Å². The van der Waals surface area contributed by atoms with Crippen LogP contribution >= 0.6 is 23.2 Å². The maximum Gasteiger partial charge on any atom is 0.329 e. The summed E-state index contributed by atoms with van der Waals surface area (Å²) < 4.78 is 4.77. The van der Waals surface area contributed by atoms with Crippen LogP contribution in [0.25, 0.3) is 6.08 Å². The van der Waals surface area contributed by atoms with Crippen LogP contribution in [0.15, 0.2) is 24.3 Å². The van der Waals surface area contributed by atoms with Crippen molar-refractivity contribution in [3.63, 3.8) is 0 Å². The van der Waals surface area contributed by atoms with Crippen molar-refractivity contribution in [2.45, 2.75) is 0 Å². The van der Waals surface area contributed by atoms with Crippen LogP contribution < -0.4 is 5.32 Å². The van der Waals surface area contributed by atoms with E-state index in [1.807, 2.05) is 0 Å². The lowest BCUT2D eigenvalue weighted by Gasteiger charge is -2.03. The normalized spacial score (nSPS) is 10.7. The molecule has 0 heterocycles. The molecule has 1 amide bonds. The minimum atomic E-state index is -1.05. The molecule has 20 heavy (non-hydrogen) atoms. The maximum atomic E-state index is 11.5. The molecule has 0 aliphatic rings. The highest BCUT2D eigenvalue weighted by molar-refractivity contribution is 6.42. The first kappa shape index (κ1) is 16.5. The first-order valence-corrected chi connectivity index (χ1v) is 6.45. The van der Waals surface area contributed by atoms with E-state index in [0.717, 1.165) is 0 Å². The molecular weight excluding hydrogens is 305 g/mol. The van der Waals surface area contributed by atoms with Crippen molar-refractivity contribution in [2.24, 2.45) is 0 Å². The Kier molecular flexibility index (Phi) is 7.08. The lowest BCUT2D eigenvalue weighted by molar-refractivity contribution is -0.142. The summed E-state index contributed by atoms with van der Waals surface area (Å²) in [6.07, 6.45) is 2.86. The molecule has 108 valence electrons. The predicted molar refractivity (Wildman–Crippen MR) is 77.0 cm³/mol. The van der Waals surface area contributed by atoms with Crippen LogP contribution in [0.2, 0.25) is 10.0 Å². The molecule has 0 unspecified atom stereocenters. The van der Waals surface area contributed by atoms with E-state index in [2.05, 4.69) is 5.32 Å². The molecule has 0 bridgehead atoms. The van der Waals surface area contributed by atoms with E-state index in [1.54, 1.807) is 24.3 Å². The second-order valence-corrected chi connectivity index (χ2v) is 4.50. The molecule has 1 rings (SSSR count). The number of carbonyl (C=O) groups excluding carboxylic acids is 1. The quantitative estimate of drug-likeness (QED) is 0.597. The number of carbonyl (C=O) groups is 2. The number of hydrogen-bond donors (Lipinski definition) is 2. The lowest BCUT2D eigenvalue weighted by atomic mass is 10.2. The van der Waals surface area contributed by atoms with Gasteiger partial charge in [-0.25, -0.2) is 4.79 Å². The van der Waals surface area contributed by atoms with E-state index >= 15 is 0 Å². The van der Waals surface area contributed by atoms with Crippen molar-refractivity contribution < 1.29 is 19.4 Å². The Morgan fingerprint density at radius 2 is 2.10 bits per heavy atom. The fraction of sp³-hybridized carbons (Fsp3) is 0.231. The highest BCUT2D eigenvalue weighted by Crippen LogP contribution is 2.26. The van der Waals surface area contributed by atoms with Gasteiger partial charge in [-0.1, -0.05) is 35.3 Å². The van der Waals surface area contributed by atoms with Crippen LogP contribution in [-0.4, -0.2) is 36.7 Å². The molecule has 0 spiro atoms. The number of hydrogen-bond acceptors (Lipinski definition) is 3. The first-order chi connectivity index (χ1) is 9.50. The summed E-state index contributed by atoms with van der Waals surface area (Å²) >= 11 is 11.8. The van der Waals surface area contributed by atoms with Crippen molar-refractivity contribution in [3.8, 4) is 0 Å². The molecular formula is C13H13Cl2NO4. The number of halogens is 2. The number of carboxylic acid groups (broad SMARTS) is 1. The van der Waals surface area contributed by atoms with Crippen molar-refractivity contribution >= 4 is 41.2 Å². The zero-order chi connectivity index (χ0) is 15.0. The summed E-state index contributed by atoms with van der Waals surface area (Å²) in [7, 11) is 0. The Balaban J connectivity index is 2.36. The third kappa shape index (κ3) is 6.06. The SMILES string of the molecule is O=C(O)COCCNC(=O)C=Cc1cccc(Cl)c1Cl. The number of nitrogens with one attached hydrogen (secondary N) is 1. The summed E-state index contributed by atoms with van der Waals surface area (Å²) in [5.41, 5.74) is 0.636. The Labute approximate surface area is 126 Å².